The average molecular weight is 691 g/mol. The largest absolute Gasteiger partial charge is 0.489 e. The van der Waals surface area contributed by atoms with Gasteiger partial charge in [0.1, 0.15) is 18.1 Å². The molecule has 16 nitrogen and oxygen atoms in total. The van der Waals surface area contributed by atoms with Crippen LogP contribution >= 0.6 is 11.3 Å². The molecule has 1 amide bonds. The number of carbonyl (C=O) groups excluding carboxylic acids is 2. The molecule has 0 bridgehead atoms. The van der Waals surface area contributed by atoms with Gasteiger partial charge in [-0.2, -0.15) is 13.5 Å². The third kappa shape index (κ3) is 8.20. The number of rotatable bonds is 14. The number of aliphatic carboxylic acids is 1. The number of β-lactam (4-membered cyclic amide) rings is 1. The van der Waals surface area contributed by atoms with Crippen LogP contribution in [0.5, 0.6) is 5.75 Å². The molecular formula is C29H34N6O10S2. The van der Waals surface area contributed by atoms with Crippen LogP contribution in [-0.2, 0) is 40.3 Å². The molecule has 1 unspecified atom stereocenters. The van der Waals surface area contributed by atoms with Crippen molar-refractivity contribution in [3.05, 3.63) is 47.1 Å². The number of piperidine rings is 1. The highest BCUT2D eigenvalue weighted by Gasteiger charge is 2.57. The van der Waals surface area contributed by atoms with E-state index in [1.54, 1.807) is 18.2 Å². The van der Waals surface area contributed by atoms with Gasteiger partial charge in [0.05, 0.1) is 17.0 Å². The van der Waals surface area contributed by atoms with Gasteiger partial charge < -0.3 is 25.7 Å². The van der Waals surface area contributed by atoms with Gasteiger partial charge >= 0.3 is 16.4 Å². The highest BCUT2D eigenvalue weighted by atomic mass is 32.3. The molecular weight excluding hydrogens is 656 g/mol. The monoisotopic (exact) mass is 690 g/mol. The zero-order chi connectivity index (χ0) is 33.9. The number of hydroxylamine groups is 2. The summed E-state index contributed by atoms with van der Waals surface area (Å²) in [6.07, 6.45) is 0.999. The summed E-state index contributed by atoms with van der Waals surface area (Å²) in [5, 5.41) is 19.7. The number of nitrogen functional groups attached to an aromatic ring is 1. The number of carboxylic acid groups (broad SMARTS) is 1. The van der Waals surface area contributed by atoms with Crippen molar-refractivity contribution in [1.29, 1.82) is 0 Å². The number of nitrogens with zero attached hydrogens (tertiary/aromatic N) is 4. The Balaban J connectivity index is 1.26. The van der Waals surface area contributed by atoms with E-state index in [4.69, 9.17) is 24.8 Å². The number of amides is 1. The lowest BCUT2D eigenvalue weighted by atomic mass is 9.74. The summed E-state index contributed by atoms with van der Waals surface area (Å²) in [5.41, 5.74) is 5.79. The maximum Gasteiger partial charge on any atom is 0.418 e. The van der Waals surface area contributed by atoms with Crippen LogP contribution in [0.2, 0.25) is 0 Å². The Morgan fingerprint density at radius 1 is 1.21 bits per heavy atom. The quantitative estimate of drug-likeness (QED) is 0.0820. The lowest BCUT2D eigenvalue weighted by Gasteiger charge is -2.50. The van der Waals surface area contributed by atoms with Crippen LogP contribution in [-0.4, -0.2) is 87.8 Å². The molecule has 0 aliphatic carbocycles. The summed E-state index contributed by atoms with van der Waals surface area (Å²) >= 11 is 0.994. The number of fused-ring (bicyclic) bond motifs is 1. The normalized spacial score (nSPS) is 19.3. The highest BCUT2D eigenvalue weighted by Crippen LogP contribution is 2.40. The third-order valence-corrected chi connectivity index (χ3v) is 9.10. The molecule has 5 rings (SSSR count). The van der Waals surface area contributed by atoms with Crippen molar-refractivity contribution in [1.82, 2.24) is 20.3 Å². The van der Waals surface area contributed by atoms with Crippen LogP contribution in [0.4, 0.5) is 5.13 Å². The van der Waals surface area contributed by atoms with Crippen LogP contribution in [0.3, 0.4) is 0 Å². The van der Waals surface area contributed by atoms with E-state index in [-0.39, 0.29) is 10.8 Å². The number of hydrogen-bond acceptors (Lipinski definition) is 14. The van der Waals surface area contributed by atoms with Gasteiger partial charge in [0.2, 0.25) is 0 Å². The SMILES string of the molecule is CC1(C)C(CC(=O)/C(=N\O[C@@H](COc2ccc3nc(CC4CCNCC4)ccc3c2)C(=O)O)c2csc(N)n2)C(=O)N1OS(=O)(=O)O. The Hall–Kier alpha value is -4.23. The summed E-state index contributed by atoms with van der Waals surface area (Å²) in [6, 6.07) is 9.12. The van der Waals surface area contributed by atoms with Gasteiger partial charge in [-0.25, -0.2) is 9.78 Å². The minimum atomic E-state index is -4.99. The van der Waals surface area contributed by atoms with Crippen molar-refractivity contribution in [2.75, 3.05) is 25.4 Å². The van der Waals surface area contributed by atoms with E-state index in [0.717, 1.165) is 60.3 Å². The first-order chi connectivity index (χ1) is 22.2. The minimum absolute atomic E-state index is 0.0141. The van der Waals surface area contributed by atoms with Gasteiger partial charge in [0, 0.05) is 22.9 Å². The van der Waals surface area contributed by atoms with Crippen LogP contribution in [0.25, 0.3) is 10.9 Å². The lowest BCUT2D eigenvalue weighted by Crippen LogP contribution is -2.68. The average Bonchev–Trinajstić information content (AvgIpc) is 3.45. The number of Topliss-reactive ketones (excluding diaryl/α,β-unsaturated/α-hetero) is 1. The number of carboxylic acids is 1. The van der Waals surface area contributed by atoms with Gasteiger partial charge in [0.15, 0.2) is 16.6 Å². The summed E-state index contributed by atoms with van der Waals surface area (Å²) in [4.78, 5) is 52.0. The summed E-state index contributed by atoms with van der Waals surface area (Å²) in [5.74, 6) is -3.17. The molecule has 47 heavy (non-hydrogen) atoms. The molecule has 2 aliphatic rings. The second-order valence-electron chi connectivity index (χ2n) is 11.8. The molecule has 2 saturated heterocycles. The molecule has 0 saturated carbocycles. The molecule has 2 atom stereocenters. The Bertz CT molecular complexity index is 1810. The van der Waals surface area contributed by atoms with E-state index in [2.05, 4.69) is 19.7 Å². The molecule has 252 valence electrons. The zero-order valence-corrected chi connectivity index (χ0v) is 27.1. The van der Waals surface area contributed by atoms with Gasteiger partial charge in [-0.15, -0.1) is 15.6 Å². The summed E-state index contributed by atoms with van der Waals surface area (Å²) in [7, 11) is -4.99. The summed E-state index contributed by atoms with van der Waals surface area (Å²) < 4.78 is 41.3. The van der Waals surface area contributed by atoms with Crippen molar-refractivity contribution < 1.29 is 46.3 Å². The number of pyridine rings is 1. The molecule has 1 aromatic carbocycles. The number of oxime groups is 1. The molecule has 2 aromatic heterocycles. The molecule has 5 N–H and O–H groups in total. The first-order valence-corrected chi connectivity index (χ1v) is 16.9. The highest BCUT2D eigenvalue weighted by molar-refractivity contribution is 7.80. The molecule has 4 heterocycles. The van der Waals surface area contributed by atoms with Crippen molar-refractivity contribution in [2.45, 2.75) is 51.2 Å². The fourth-order valence-corrected chi connectivity index (χ4v) is 6.45. The van der Waals surface area contributed by atoms with Crippen LogP contribution in [0.1, 0.15) is 44.5 Å². The molecule has 18 heteroatoms. The van der Waals surface area contributed by atoms with Gasteiger partial charge in [0.25, 0.3) is 12.0 Å². The van der Waals surface area contributed by atoms with E-state index in [1.807, 2.05) is 12.1 Å². The van der Waals surface area contributed by atoms with Crippen LogP contribution in [0.15, 0.2) is 40.9 Å². The maximum absolute atomic E-state index is 13.3. The Labute approximate surface area is 273 Å². The minimum Gasteiger partial charge on any atom is -0.489 e. The number of nitrogens with two attached hydrogens (primary N) is 1. The van der Waals surface area contributed by atoms with Gasteiger partial charge in [-0.3, -0.25) is 19.1 Å². The number of ether oxygens (including phenoxy) is 1. The van der Waals surface area contributed by atoms with E-state index in [9.17, 15) is 27.9 Å². The molecule has 0 spiro atoms. The molecule has 3 aromatic rings. The fraction of sp³-hybridized carbons (Fsp3) is 0.448. The van der Waals surface area contributed by atoms with Crippen molar-refractivity contribution in [3.63, 3.8) is 0 Å². The standard InChI is InChI=1S/C29H34N6O10S2/c1-29(2)20(26(37)35(29)45-47(40,41)42)13-23(36)25(22-15-46-28(30)33-22)34-44-24(27(38)39)14-43-19-5-6-21-17(12-19)3-4-18(32-21)11-16-7-9-31-10-8-16/h3-6,12,15-16,20,24,31H,7-11,13-14H2,1-2H3,(H2,30,33)(H,38,39)(H,40,41,42)/b34-25-/t20?,24-/m0/s1. The Morgan fingerprint density at radius 2 is 1.96 bits per heavy atom. The smallest absolute Gasteiger partial charge is 0.418 e. The fourth-order valence-electron chi connectivity index (χ4n) is 5.45. The second-order valence-corrected chi connectivity index (χ2v) is 13.7. The predicted octanol–water partition coefficient (Wildman–Crippen LogP) is 2.00. The number of carbonyl (C=O) groups is 3. The van der Waals surface area contributed by atoms with E-state index in [0.29, 0.717) is 16.7 Å². The van der Waals surface area contributed by atoms with E-state index >= 15 is 0 Å². The summed E-state index contributed by atoms with van der Waals surface area (Å²) in [6.45, 7) is 4.42. The second kappa shape index (κ2) is 13.9. The topological polar surface area (TPSA) is 233 Å². The first-order valence-electron chi connectivity index (χ1n) is 14.7. The maximum atomic E-state index is 13.3. The van der Waals surface area contributed by atoms with Crippen LogP contribution < -0.4 is 15.8 Å². The van der Waals surface area contributed by atoms with Crippen molar-refractivity contribution >= 4 is 61.1 Å². The Kier molecular flexibility index (Phi) is 10.1. The zero-order valence-electron chi connectivity index (χ0n) is 25.5. The number of nitrogens with one attached hydrogen (secondary N) is 1. The number of benzene rings is 1. The van der Waals surface area contributed by atoms with Crippen LogP contribution in [0, 0.1) is 11.8 Å². The molecule has 0 radical (unpaired) electrons. The number of hydrogen-bond donors (Lipinski definition) is 4. The number of ketones is 1. The number of aromatic nitrogens is 2. The Morgan fingerprint density at radius 3 is 2.60 bits per heavy atom. The third-order valence-electron chi connectivity index (χ3n) is 8.08. The molecule has 2 fully saturated rings. The van der Waals surface area contributed by atoms with Crippen molar-refractivity contribution in [3.8, 4) is 5.75 Å². The lowest BCUT2D eigenvalue weighted by molar-refractivity contribution is -0.228. The van der Waals surface area contributed by atoms with Gasteiger partial charge in [-0.05, 0) is 76.4 Å². The number of anilines is 1. The van der Waals surface area contributed by atoms with E-state index in [1.165, 1.54) is 19.2 Å². The number of thiazole rings is 1. The van der Waals surface area contributed by atoms with Gasteiger partial charge in [-0.1, -0.05) is 11.2 Å². The first kappa shape index (κ1) is 34.1. The van der Waals surface area contributed by atoms with E-state index < -0.39 is 64.4 Å². The van der Waals surface area contributed by atoms with Crippen molar-refractivity contribution in [2.24, 2.45) is 17.0 Å². The predicted molar refractivity (Wildman–Crippen MR) is 169 cm³/mol. The molecule has 2 aliphatic heterocycles.